The molecule has 0 fully saturated rings. The van der Waals surface area contributed by atoms with Crippen molar-refractivity contribution in [3.8, 4) is 5.75 Å². The molecule has 4 nitrogen and oxygen atoms in total. The summed E-state index contributed by atoms with van der Waals surface area (Å²) in [6, 6.07) is 2.93. The first-order chi connectivity index (χ1) is 10.1. The molecule has 0 aliphatic rings. The van der Waals surface area contributed by atoms with E-state index in [0.717, 1.165) is 0 Å². The van der Waals surface area contributed by atoms with Crippen LogP contribution in [0.25, 0.3) is 0 Å². The Bertz CT molecular complexity index is 519. The Morgan fingerprint density at radius 2 is 1.91 bits per heavy atom. The summed E-state index contributed by atoms with van der Waals surface area (Å²) in [4.78, 5) is 8.70. The van der Waals surface area contributed by atoms with Gasteiger partial charge in [0.2, 0.25) is 6.29 Å². The zero-order valence-corrected chi connectivity index (χ0v) is 13.6. The first-order valence-corrected chi connectivity index (χ1v) is 6.82. The summed E-state index contributed by atoms with van der Waals surface area (Å²) in [7, 11) is 0. The van der Waals surface area contributed by atoms with Crippen LogP contribution in [-0.4, -0.2) is 24.8 Å². The Kier molecular flexibility index (Phi) is 8.69. The number of halogens is 5. The minimum absolute atomic E-state index is 0.0317. The van der Waals surface area contributed by atoms with Gasteiger partial charge in [-0.3, -0.25) is 10.2 Å². The highest BCUT2D eigenvalue weighted by atomic mass is 79.9. The number of nitrogens with one attached hydrogen (secondary N) is 1. The maximum absolute atomic E-state index is 13.5. The summed E-state index contributed by atoms with van der Waals surface area (Å²) in [5.41, 5.74) is 2.89. The van der Waals surface area contributed by atoms with Crippen molar-refractivity contribution in [1.29, 1.82) is 0 Å². The molecule has 22 heavy (non-hydrogen) atoms. The lowest BCUT2D eigenvalue weighted by molar-refractivity contribution is -0.156. The molecule has 1 rings (SSSR count). The quantitative estimate of drug-likeness (QED) is 0.357. The van der Waals surface area contributed by atoms with Gasteiger partial charge < -0.3 is 4.74 Å². The predicted molar refractivity (Wildman–Crippen MR) is 79.8 cm³/mol. The molecule has 0 heterocycles. The van der Waals surface area contributed by atoms with Crippen LogP contribution in [0.2, 0.25) is 0 Å². The molecule has 0 unspecified atom stereocenters. The lowest BCUT2D eigenvalue weighted by Crippen LogP contribution is -2.07. The van der Waals surface area contributed by atoms with Crippen LogP contribution in [0.15, 0.2) is 21.7 Å². The fourth-order valence-electron chi connectivity index (χ4n) is 1.09. The van der Waals surface area contributed by atoms with Crippen LogP contribution < -0.4 is 10.2 Å². The number of aldehydes is 1. The molecular formula is C13H15BrF4N2O2. The predicted octanol–water partition coefficient (Wildman–Crippen LogP) is 4.54. The molecule has 1 N–H and O–H groups in total. The largest absolute Gasteiger partial charge is 0.490 e. The molecule has 0 saturated carbocycles. The van der Waals surface area contributed by atoms with Crippen LogP contribution in [0.4, 0.5) is 23.2 Å². The molecule has 0 atom stereocenters. The van der Waals surface area contributed by atoms with Gasteiger partial charge in [-0.25, -0.2) is 4.39 Å². The number of carbonyl (C=O) groups excluding carboxylic acids is 1. The molecule has 0 amide bonds. The number of rotatable bonds is 4. The lowest BCUT2D eigenvalue weighted by Gasteiger charge is -2.13. The second-order valence-corrected chi connectivity index (χ2v) is 4.94. The molecule has 0 bridgehead atoms. The van der Waals surface area contributed by atoms with Crippen LogP contribution >= 0.6 is 15.9 Å². The minimum atomic E-state index is -4.64. The Labute approximate surface area is 133 Å². The topological polar surface area (TPSA) is 50.7 Å². The molecule has 0 radical (unpaired) electrons. The van der Waals surface area contributed by atoms with Crippen molar-refractivity contribution in [3.05, 3.63) is 22.4 Å². The van der Waals surface area contributed by atoms with Crippen molar-refractivity contribution < 1.29 is 27.1 Å². The number of anilines is 1. The van der Waals surface area contributed by atoms with Crippen molar-refractivity contribution in [2.75, 3.05) is 5.43 Å². The van der Waals surface area contributed by atoms with E-state index in [9.17, 15) is 17.6 Å². The van der Waals surface area contributed by atoms with E-state index >= 15 is 0 Å². The zero-order valence-electron chi connectivity index (χ0n) is 12.0. The summed E-state index contributed by atoms with van der Waals surface area (Å²) in [5.74, 6) is 0.207. The number of carbonyl (C=O) groups is 1. The van der Waals surface area contributed by atoms with Gasteiger partial charge in [0.15, 0.2) is 0 Å². The van der Waals surface area contributed by atoms with E-state index in [-0.39, 0.29) is 17.6 Å². The maximum Gasteiger partial charge on any atom is 0.446 e. The van der Waals surface area contributed by atoms with Gasteiger partial charge in [-0.05, 0) is 42.8 Å². The van der Waals surface area contributed by atoms with E-state index in [1.54, 1.807) is 19.2 Å². The van der Waals surface area contributed by atoms with Gasteiger partial charge in [0, 0.05) is 12.3 Å². The number of hydrazone groups is 1. The SMILES string of the molecule is C/C=N/Nc1cc(OC(C)C)c(Br)cc1F.O=CC(F)(F)F. The summed E-state index contributed by atoms with van der Waals surface area (Å²) in [6.07, 6.45) is -4.12. The second-order valence-electron chi connectivity index (χ2n) is 4.09. The second kappa shape index (κ2) is 9.39. The van der Waals surface area contributed by atoms with Crippen LogP contribution in [0.1, 0.15) is 20.8 Å². The molecule has 0 aliphatic heterocycles. The number of benzene rings is 1. The minimum Gasteiger partial charge on any atom is -0.490 e. The Hall–Kier alpha value is -1.64. The van der Waals surface area contributed by atoms with Gasteiger partial charge in [-0.2, -0.15) is 18.3 Å². The Morgan fingerprint density at radius 3 is 2.32 bits per heavy atom. The first-order valence-electron chi connectivity index (χ1n) is 6.03. The fourth-order valence-corrected chi connectivity index (χ4v) is 1.50. The summed E-state index contributed by atoms with van der Waals surface area (Å²) in [6.45, 7) is 5.56. The summed E-state index contributed by atoms with van der Waals surface area (Å²) < 4.78 is 50.8. The summed E-state index contributed by atoms with van der Waals surface area (Å²) in [5, 5.41) is 3.77. The van der Waals surface area contributed by atoms with Gasteiger partial charge in [-0.15, -0.1) is 0 Å². The monoisotopic (exact) mass is 386 g/mol. The molecule has 0 spiro atoms. The molecule has 0 aliphatic carbocycles. The van der Waals surface area contributed by atoms with E-state index in [0.29, 0.717) is 10.2 Å². The third-order valence-electron chi connectivity index (χ3n) is 1.83. The van der Waals surface area contributed by atoms with E-state index in [1.807, 2.05) is 13.8 Å². The third kappa shape index (κ3) is 8.60. The van der Waals surface area contributed by atoms with E-state index < -0.39 is 12.5 Å². The van der Waals surface area contributed by atoms with Crippen LogP contribution in [0.3, 0.4) is 0 Å². The van der Waals surface area contributed by atoms with Crippen molar-refractivity contribution >= 4 is 34.1 Å². The van der Waals surface area contributed by atoms with Gasteiger partial charge in [0.25, 0.3) is 0 Å². The Morgan fingerprint density at radius 1 is 1.36 bits per heavy atom. The average Bonchev–Trinajstić information content (AvgIpc) is 2.40. The molecule has 124 valence electrons. The van der Waals surface area contributed by atoms with Crippen molar-refractivity contribution in [2.24, 2.45) is 5.10 Å². The number of alkyl halides is 3. The summed E-state index contributed by atoms with van der Waals surface area (Å²) >= 11 is 3.25. The van der Waals surface area contributed by atoms with Gasteiger partial charge >= 0.3 is 6.18 Å². The van der Waals surface area contributed by atoms with E-state index in [2.05, 4.69) is 26.5 Å². The molecule has 1 aromatic carbocycles. The number of hydrogen-bond donors (Lipinski definition) is 1. The number of ether oxygens (including phenoxy) is 1. The molecule has 9 heteroatoms. The third-order valence-corrected chi connectivity index (χ3v) is 2.45. The standard InChI is InChI=1S/C11H14BrFN2O.C2HF3O/c1-4-14-15-10-6-11(16-7(2)3)8(12)5-9(10)13;3-2(4,5)1-6/h4-7,15H,1-3H3;1H/b14-4+;. The van der Waals surface area contributed by atoms with Gasteiger partial charge in [0.05, 0.1) is 16.3 Å². The fraction of sp³-hybridized carbons (Fsp3) is 0.385. The Balaban J connectivity index is 0.000000626. The number of nitrogens with zero attached hydrogens (tertiary/aromatic N) is 1. The number of hydrogen-bond acceptors (Lipinski definition) is 4. The lowest BCUT2D eigenvalue weighted by atomic mass is 10.3. The van der Waals surface area contributed by atoms with Gasteiger partial charge in [-0.1, -0.05) is 0 Å². The van der Waals surface area contributed by atoms with Crippen molar-refractivity contribution in [1.82, 2.24) is 0 Å². The van der Waals surface area contributed by atoms with Crippen molar-refractivity contribution in [3.63, 3.8) is 0 Å². The van der Waals surface area contributed by atoms with Gasteiger partial charge in [0.1, 0.15) is 11.6 Å². The maximum atomic E-state index is 13.5. The highest BCUT2D eigenvalue weighted by Crippen LogP contribution is 2.31. The zero-order chi connectivity index (χ0) is 17.3. The molecule has 0 saturated heterocycles. The molecule has 0 aromatic heterocycles. The van der Waals surface area contributed by atoms with E-state index in [1.165, 1.54) is 6.07 Å². The van der Waals surface area contributed by atoms with E-state index in [4.69, 9.17) is 9.53 Å². The highest BCUT2D eigenvalue weighted by molar-refractivity contribution is 9.10. The van der Waals surface area contributed by atoms with Crippen LogP contribution in [0, 0.1) is 5.82 Å². The normalized spacial score (nSPS) is 11.1. The first kappa shape index (κ1) is 20.4. The smallest absolute Gasteiger partial charge is 0.446 e. The van der Waals surface area contributed by atoms with Crippen molar-refractivity contribution in [2.45, 2.75) is 33.1 Å². The van der Waals surface area contributed by atoms with Crippen LogP contribution in [-0.2, 0) is 4.79 Å². The van der Waals surface area contributed by atoms with Crippen LogP contribution in [0.5, 0.6) is 5.75 Å². The average molecular weight is 387 g/mol. The molecular weight excluding hydrogens is 372 g/mol. The highest BCUT2D eigenvalue weighted by Gasteiger charge is 2.24. The molecule has 1 aromatic rings.